The van der Waals surface area contributed by atoms with E-state index in [0.717, 1.165) is 63.0 Å². The smallest absolute Gasteiger partial charge is 0.235 e. The van der Waals surface area contributed by atoms with Crippen molar-refractivity contribution in [2.75, 3.05) is 31.7 Å². The van der Waals surface area contributed by atoms with Crippen LogP contribution in [0.3, 0.4) is 0 Å². The Morgan fingerprint density at radius 1 is 0.929 bits per heavy atom. The number of hydrogen-bond acceptors (Lipinski definition) is 5. The first-order valence-corrected chi connectivity index (χ1v) is 10.7. The second-order valence-corrected chi connectivity index (χ2v) is 7.92. The minimum absolute atomic E-state index is 0.0371. The maximum Gasteiger partial charge on any atom is 0.235 e. The molecule has 6 heteroatoms. The van der Waals surface area contributed by atoms with Gasteiger partial charge in [0.05, 0.1) is 18.6 Å². The molecule has 0 radical (unpaired) electrons. The lowest BCUT2D eigenvalue weighted by Gasteiger charge is -2.30. The molecule has 2 saturated heterocycles. The molecular formula is C22H31NO5. The predicted octanol–water partition coefficient (Wildman–Crippen LogP) is 3.74. The van der Waals surface area contributed by atoms with E-state index >= 15 is 0 Å². The van der Waals surface area contributed by atoms with Crippen LogP contribution in [0.5, 0.6) is 0 Å². The zero-order chi connectivity index (χ0) is 19.2. The highest BCUT2D eigenvalue weighted by atomic mass is 16.7. The summed E-state index contributed by atoms with van der Waals surface area (Å²) in [4.78, 5) is 13.0. The Morgan fingerprint density at radius 2 is 1.54 bits per heavy atom. The maximum atomic E-state index is 13.0. The third kappa shape index (κ3) is 4.40. The summed E-state index contributed by atoms with van der Waals surface area (Å²) in [7, 11) is 0. The molecular weight excluding hydrogens is 358 g/mol. The summed E-state index contributed by atoms with van der Waals surface area (Å²) in [6.07, 6.45) is 7.27. The van der Waals surface area contributed by atoms with Crippen LogP contribution in [0.15, 0.2) is 24.3 Å². The summed E-state index contributed by atoms with van der Waals surface area (Å²) in [6, 6.07) is 7.95. The van der Waals surface area contributed by atoms with E-state index < -0.39 is 5.41 Å². The predicted molar refractivity (Wildman–Crippen MR) is 105 cm³/mol. The van der Waals surface area contributed by atoms with Crippen molar-refractivity contribution in [3.63, 3.8) is 0 Å². The zero-order valence-electron chi connectivity index (χ0n) is 16.5. The molecule has 3 heterocycles. The van der Waals surface area contributed by atoms with Crippen molar-refractivity contribution >= 4 is 11.6 Å². The third-order valence-corrected chi connectivity index (χ3v) is 6.07. The van der Waals surface area contributed by atoms with Crippen molar-refractivity contribution in [1.29, 1.82) is 0 Å². The van der Waals surface area contributed by atoms with Gasteiger partial charge in [-0.05, 0) is 63.0 Å². The van der Waals surface area contributed by atoms with Gasteiger partial charge in [0.15, 0.2) is 12.6 Å². The topological polar surface area (TPSA) is 66.0 Å². The van der Waals surface area contributed by atoms with Crippen LogP contribution in [0.25, 0.3) is 0 Å². The second kappa shape index (κ2) is 9.35. The molecule has 4 rings (SSSR count). The number of carbonyl (C=O) groups is 1. The molecule has 1 N–H and O–H groups in total. The van der Waals surface area contributed by atoms with Crippen LogP contribution in [-0.4, -0.2) is 44.9 Å². The van der Waals surface area contributed by atoms with Crippen molar-refractivity contribution in [2.45, 2.75) is 69.4 Å². The van der Waals surface area contributed by atoms with Crippen LogP contribution in [0.4, 0.5) is 5.69 Å². The number of rotatable bonds is 8. The van der Waals surface area contributed by atoms with Crippen molar-refractivity contribution in [2.24, 2.45) is 0 Å². The van der Waals surface area contributed by atoms with Gasteiger partial charge in [-0.1, -0.05) is 18.2 Å². The van der Waals surface area contributed by atoms with Gasteiger partial charge in [-0.3, -0.25) is 4.79 Å². The molecule has 28 heavy (non-hydrogen) atoms. The molecule has 2 fully saturated rings. The summed E-state index contributed by atoms with van der Waals surface area (Å²) < 4.78 is 23.3. The van der Waals surface area contributed by atoms with E-state index in [0.29, 0.717) is 26.1 Å². The van der Waals surface area contributed by atoms with Gasteiger partial charge in [-0.15, -0.1) is 0 Å². The monoisotopic (exact) mass is 389 g/mol. The molecule has 0 aliphatic carbocycles. The number of carbonyl (C=O) groups excluding carboxylic acids is 1. The van der Waals surface area contributed by atoms with Gasteiger partial charge in [-0.2, -0.15) is 0 Å². The van der Waals surface area contributed by atoms with Crippen LogP contribution in [0.1, 0.15) is 56.9 Å². The summed E-state index contributed by atoms with van der Waals surface area (Å²) in [5.41, 5.74) is 1.32. The SMILES string of the molecule is O=C1Nc2ccccc2C1(CCOC1CCCCO1)CCOC1CCCCO1. The molecule has 0 bridgehead atoms. The molecule has 1 amide bonds. The van der Waals surface area contributed by atoms with Crippen molar-refractivity contribution in [1.82, 2.24) is 0 Å². The normalized spacial score (nSPS) is 30.1. The highest BCUT2D eigenvalue weighted by Crippen LogP contribution is 2.43. The standard InChI is InChI=1S/C22H31NO5/c24-21-22(17-7-1-2-8-18(17)23-21,11-15-27-19-9-3-5-13-25-19)12-16-28-20-10-4-6-14-26-20/h1-2,7-8,19-20H,3-6,9-16H2,(H,23,24). The van der Waals surface area contributed by atoms with Crippen LogP contribution in [0.2, 0.25) is 0 Å². The zero-order valence-corrected chi connectivity index (χ0v) is 16.5. The van der Waals surface area contributed by atoms with Gasteiger partial charge < -0.3 is 24.3 Å². The Labute approximate surface area is 166 Å². The minimum atomic E-state index is -0.625. The average Bonchev–Trinajstić information content (AvgIpc) is 3.01. The summed E-state index contributed by atoms with van der Waals surface area (Å²) in [5.74, 6) is 0.0371. The fourth-order valence-corrected chi connectivity index (χ4v) is 4.41. The molecule has 3 aliphatic rings. The van der Waals surface area contributed by atoms with Crippen molar-refractivity contribution in [3.05, 3.63) is 29.8 Å². The lowest BCUT2D eigenvalue weighted by Crippen LogP contribution is -2.38. The molecule has 2 atom stereocenters. The molecule has 154 valence electrons. The van der Waals surface area contributed by atoms with Gasteiger partial charge in [0.1, 0.15) is 0 Å². The quantitative estimate of drug-likeness (QED) is 0.734. The van der Waals surface area contributed by atoms with Crippen LogP contribution >= 0.6 is 0 Å². The Kier molecular flexibility index (Phi) is 6.62. The maximum absolute atomic E-state index is 13.0. The number of nitrogens with one attached hydrogen (secondary N) is 1. The number of benzene rings is 1. The highest BCUT2D eigenvalue weighted by Gasteiger charge is 2.46. The van der Waals surface area contributed by atoms with E-state index in [1.807, 2.05) is 24.3 Å². The first-order chi connectivity index (χ1) is 13.8. The Hall–Kier alpha value is -1.47. The Balaban J connectivity index is 1.41. The molecule has 6 nitrogen and oxygen atoms in total. The number of amides is 1. The molecule has 3 aliphatic heterocycles. The van der Waals surface area contributed by atoms with E-state index in [2.05, 4.69) is 5.32 Å². The van der Waals surface area contributed by atoms with Crippen LogP contribution in [-0.2, 0) is 29.2 Å². The van der Waals surface area contributed by atoms with E-state index in [4.69, 9.17) is 18.9 Å². The molecule has 2 unspecified atom stereocenters. The van der Waals surface area contributed by atoms with Gasteiger partial charge in [0.2, 0.25) is 5.91 Å². The van der Waals surface area contributed by atoms with Gasteiger partial charge in [0.25, 0.3) is 0 Å². The van der Waals surface area contributed by atoms with Crippen molar-refractivity contribution in [3.8, 4) is 0 Å². The number of para-hydroxylation sites is 1. The van der Waals surface area contributed by atoms with E-state index in [1.165, 1.54) is 0 Å². The summed E-state index contributed by atoms with van der Waals surface area (Å²) >= 11 is 0. The number of fused-ring (bicyclic) bond motifs is 1. The minimum Gasteiger partial charge on any atom is -0.353 e. The Morgan fingerprint density at radius 3 is 2.11 bits per heavy atom. The summed E-state index contributed by atoms with van der Waals surface area (Å²) in [5, 5.41) is 3.05. The third-order valence-electron chi connectivity index (χ3n) is 6.07. The Bertz CT molecular complexity index is 628. The molecule has 1 aromatic carbocycles. The lowest BCUT2D eigenvalue weighted by atomic mass is 9.76. The van der Waals surface area contributed by atoms with Crippen molar-refractivity contribution < 1.29 is 23.7 Å². The fourth-order valence-electron chi connectivity index (χ4n) is 4.41. The lowest BCUT2D eigenvalue weighted by molar-refractivity contribution is -0.170. The van der Waals surface area contributed by atoms with E-state index in [9.17, 15) is 4.79 Å². The van der Waals surface area contributed by atoms with Crippen LogP contribution in [0, 0.1) is 0 Å². The molecule has 0 spiro atoms. The summed E-state index contributed by atoms with van der Waals surface area (Å²) in [6.45, 7) is 2.50. The second-order valence-electron chi connectivity index (χ2n) is 7.92. The fraction of sp³-hybridized carbons (Fsp3) is 0.682. The van der Waals surface area contributed by atoms with E-state index in [-0.39, 0.29) is 18.5 Å². The van der Waals surface area contributed by atoms with E-state index in [1.54, 1.807) is 0 Å². The first kappa shape index (κ1) is 19.8. The highest BCUT2D eigenvalue weighted by molar-refractivity contribution is 6.06. The van der Waals surface area contributed by atoms with Gasteiger partial charge in [-0.25, -0.2) is 0 Å². The largest absolute Gasteiger partial charge is 0.353 e. The first-order valence-electron chi connectivity index (χ1n) is 10.7. The number of hydrogen-bond donors (Lipinski definition) is 1. The number of anilines is 1. The average molecular weight is 389 g/mol. The molecule has 0 saturated carbocycles. The van der Waals surface area contributed by atoms with Crippen LogP contribution < -0.4 is 5.32 Å². The number of ether oxygens (including phenoxy) is 4. The van der Waals surface area contributed by atoms with Gasteiger partial charge >= 0.3 is 0 Å². The molecule has 0 aromatic heterocycles. The molecule has 1 aromatic rings. The van der Waals surface area contributed by atoms with Gasteiger partial charge in [0, 0.05) is 18.9 Å².